The minimum atomic E-state index is 0.439. The zero-order chi connectivity index (χ0) is 8.27. The molecule has 3 nitrogen and oxygen atoms in total. The van der Waals surface area contributed by atoms with Crippen molar-refractivity contribution >= 4 is 29.3 Å². The third kappa shape index (κ3) is 1.49. The lowest BCUT2D eigenvalue weighted by Crippen LogP contribution is -1.87. The first-order chi connectivity index (χ1) is 5.29. The summed E-state index contributed by atoms with van der Waals surface area (Å²) in [4.78, 5) is 10.4. The van der Waals surface area contributed by atoms with Crippen molar-refractivity contribution in [2.24, 2.45) is 9.98 Å². The van der Waals surface area contributed by atoms with Gasteiger partial charge in [-0.2, -0.15) is 0 Å². The second-order valence-corrected chi connectivity index (χ2v) is 2.27. The van der Waals surface area contributed by atoms with E-state index in [1.807, 2.05) is 0 Å². The van der Waals surface area contributed by atoms with Gasteiger partial charge in [-0.15, -0.1) is 0 Å². The van der Waals surface area contributed by atoms with Gasteiger partial charge in [-0.05, 0) is 12.8 Å². The first-order valence-corrected chi connectivity index (χ1v) is 3.44. The molecule has 0 atom stereocenters. The lowest BCUT2D eigenvalue weighted by atomic mass is 10.3. The highest BCUT2D eigenvalue weighted by Gasteiger charge is 2.04. The van der Waals surface area contributed by atoms with Gasteiger partial charge in [-0.1, -0.05) is 11.6 Å². The Kier molecular flexibility index (Phi) is 2.44. The predicted octanol–water partition coefficient (Wildman–Crippen LogP) is 1.96. The second kappa shape index (κ2) is 3.34. The Bertz CT molecular complexity index is 288. The molecule has 0 fully saturated rings. The van der Waals surface area contributed by atoms with E-state index in [0.29, 0.717) is 11.0 Å². The molecule has 0 aliphatic heterocycles. The molecule has 4 heteroatoms. The van der Waals surface area contributed by atoms with Crippen molar-refractivity contribution in [2.45, 2.75) is 0 Å². The van der Waals surface area contributed by atoms with Crippen LogP contribution in [0.3, 0.4) is 0 Å². The smallest absolute Gasteiger partial charge is 0.139 e. The quantitative estimate of drug-likeness (QED) is 0.658. The molecule has 0 aliphatic carbocycles. The highest BCUT2D eigenvalue weighted by Crippen LogP contribution is 2.17. The monoisotopic (exact) mass is 169 g/mol. The molecule has 0 amide bonds. The van der Waals surface area contributed by atoms with E-state index in [-0.39, 0.29) is 0 Å². The van der Waals surface area contributed by atoms with Gasteiger partial charge in [0.1, 0.15) is 11.0 Å². The van der Waals surface area contributed by atoms with Crippen LogP contribution in [0.15, 0.2) is 22.2 Å². The van der Waals surface area contributed by atoms with Gasteiger partial charge in [0.2, 0.25) is 0 Å². The molecule has 0 saturated heterocycles. The molecule has 0 aromatic carbocycles. The number of nitrogens with one attached hydrogen (secondary N) is 1. The Hall–Kier alpha value is -1.09. The summed E-state index contributed by atoms with van der Waals surface area (Å²) in [7, 11) is 1.63. The molecule has 0 aliphatic rings. The number of aromatic nitrogens is 1. The molecule has 0 radical (unpaired) electrons. The molecule has 11 heavy (non-hydrogen) atoms. The maximum Gasteiger partial charge on any atom is 0.139 e. The average molecular weight is 170 g/mol. The highest BCUT2D eigenvalue weighted by molar-refractivity contribution is 6.70. The zero-order valence-electron chi connectivity index (χ0n) is 6.13. The van der Waals surface area contributed by atoms with E-state index in [0.717, 1.165) is 5.56 Å². The van der Waals surface area contributed by atoms with E-state index in [1.165, 1.54) is 0 Å². The summed E-state index contributed by atoms with van der Waals surface area (Å²) in [6.45, 7) is 3.39. The molecule has 0 unspecified atom stereocenters. The Morgan fingerprint density at radius 2 is 2.45 bits per heavy atom. The van der Waals surface area contributed by atoms with Crippen molar-refractivity contribution in [1.82, 2.24) is 4.98 Å². The molecule has 1 heterocycles. The Morgan fingerprint density at radius 1 is 1.73 bits per heavy atom. The van der Waals surface area contributed by atoms with E-state index in [9.17, 15) is 0 Å². The minimum absolute atomic E-state index is 0.439. The SMILES string of the molecule is C=Nc1[nH]ccc1C(Cl)=NC. The molecule has 1 N–H and O–H groups in total. The molecular weight excluding hydrogens is 162 g/mol. The van der Waals surface area contributed by atoms with E-state index >= 15 is 0 Å². The van der Waals surface area contributed by atoms with Gasteiger partial charge in [-0.3, -0.25) is 4.99 Å². The number of rotatable bonds is 2. The largest absolute Gasteiger partial charge is 0.346 e. The van der Waals surface area contributed by atoms with Gasteiger partial charge in [0.15, 0.2) is 0 Å². The van der Waals surface area contributed by atoms with Crippen LogP contribution in [0.25, 0.3) is 0 Å². The number of halogens is 1. The Balaban J connectivity index is 3.12. The predicted molar refractivity (Wildman–Crippen MR) is 48.3 cm³/mol. The first kappa shape index (κ1) is 8.01. The van der Waals surface area contributed by atoms with E-state index in [4.69, 9.17) is 11.6 Å². The minimum Gasteiger partial charge on any atom is -0.346 e. The van der Waals surface area contributed by atoms with Crippen LogP contribution in [-0.4, -0.2) is 23.9 Å². The molecule has 1 rings (SSSR count). The Morgan fingerprint density at radius 3 is 3.00 bits per heavy atom. The molecule has 0 bridgehead atoms. The van der Waals surface area contributed by atoms with Crippen LogP contribution in [-0.2, 0) is 0 Å². The van der Waals surface area contributed by atoms with Crippen molar-refractivity contribution in [1.29, 1.82) is 0 Å². The fourth-order valence-corrected chi connectivity index (χ4v) is 0.931. The molecule has 0 spiro atoms. The van der Waals surface area contributed by atoms with Gasteiger partial charge in [-0.25, -0.2) is 4.99 Å². The lowest BCUT2D eigenvalue weighted by Gasteiger charge is -1.93. The van der Waals surface area contributed by atoms with Gasteiger partial charge >= 0.3 is 0 Å². The number of hydrogen-bond acceptors (Lipinski definition) is 2. The van der Waals surface area contributed by atoms with E-state index in [1.54, 1.807) is 19.3 Å². The summed E-state index contributed by atoms with van der Waals surface area (Å²) in [6.07, 6.45) is 1.74. The Labute approximate surface area is 69.8 Å². The number of H-pyrrole nitrogens is 1. The zero-order valence-corrected chi connectivity index (χ0v) is 6.89. The van der Waals surface area contributed by atoms with Gasteiger partial charge in [0, 0.05) is 13.2 Å². The van der Waals surface area contributed by atoms with E-state index in [2.05, 4.69) is 21.7 Å². The van der Waals surface area contributed by atoms with Crippen LogP contribution < -0.4 is 0 Å². The lowest BCUT2D eigenvalue weighted by molar-refractivity contribution is 1.34. The molecule has 0 saturated carbocycles. The summed E-state index contributed by atoms with van der Waals surface area (Å²) in [5.41, 5.74) is 0.782. The van der Waals surface area contributed by atoms with Crippen molar-refractivity contribution in [2.75, 3.05) is 7.05 Å². The van der Waals surface area contributed by atoms with Crippen LogP contribution in [0, 0.1) is 0 Å². The summed E-state index contributed by atoms with van der Waals surface area (Å²) < 4.78 is 0. The second-order valence-electron chi connectivity index (χ2n) is 1.91. The van der Waals surface area contributed by atoms with Crippen molar-refractivity contribution < 1.29 is 0 Å². The molecule has 58 valence electrons. The molecular formula is C7H8ClN3. The third-order valence-corrected chi connectivity index (χ3v) is 1.67. The fourth-order valence-electron chi connectivity index (χ4n) is 0.778. The van der Waals surface area contributed by atoms with Crippen LogP contribution in [0.2, 0.25) is 0 Å². The summed E-state index contributed by atoms with van der Waals surface area (Å²) in [5, 5.41) is 0.439. The molecule has 1 aromatic heterocycles. The van der Waals surface area contributed by atoms with Crippen molar-refractivity contribution in [3.63, 3.8) is 0 Å². The third-order valence-electron chi connectivity index (χ3n) is 1.30. The topological polar surface area (TPSA) is 40.5 Å². The summed E-state index contributed by atoms with van der Waals surface area (Å²) >= 11 is 5.76. The van der Waals surface area contributed by atoms with Crippen LogP contribution >= 0.6 is 11.6 Å². The highest BCUT2D eigenvalue weighted by atomic mass is 35.5. The normalized spacial score (nSPS) is 11.6. The van der Waals surface area contributed by atoms with Crippen LogP contribution in [0.1, 0.15) is 5.56 Å². The van der Waals surface area contributed by atoms with Gasteiger partial charge in [0.05, 0.1) is 5.56 Å². The fraction of sp³-hybridized carbons (Fsp3) is 0.143. The molecule has 1 aromatic rings. The van der Waals surface area contributed by atoms with Gasteiger partial charge < -0.3 is 4.98 Å². The summed E-state index contributed by atoms with van der Waals surface area (Å²) in [6, 6.07) is 1.80. The maximum atomic E-state index is 5.76. The number of aliphatic imine (C=N–C) groups is 2. The van der Waals surface area contributed by atoms with Crippen LogP contribution in [0.5, 0.6) is 0 Å². The summed E-state index contributed by atoms with van der Waals surface area (Å²) in [5.74, 6) is 0.653. The number of nitrogens with zero attached hydrogens (tertiary/aromatic N) is 2. The first-order valence-electron chi connectivity index (χ1n) is 3.06. The number of hydrogen-bond donors (Lipinski definition) is 1. The van der Waals surface area contributed by atoms with Gasteiger partial charge in [0.25, 0.3) is 0 Å². The average Bonchev–Trinajstić information content (AvgIpc) is 2.50. The van der Waals surface area contributed by atoms with Crippen molar-refractivity contribution in [3.8, 4) is 0 Å². The van der Waals surface area contributed by atoms with Crippen LogP contribution in [0.4, 0.5) is 5.82 Å². The van der Waals surface area contributed by atoms with E-state index < -0.39 is 0 Å². The standard InChI is InChI=1S/C7H8ClN3/c1-9-6(8)5-3-4-11-7(5)10-2/h3-4,11H,2H2,1H3. The number of aromatic amines is 1. The maximum absolute atomic E-state index is 5.76. The van der Waals surface area contributed by atoms with Crippen molar-refractivity contribution in [3.05, 3.63) is 17.8 Å².